The maximum Gasteiger partial charge on any atom is 0.309 e. The minimum absolute atomic E-state index is 0.0375. The number of rotatable bonds is 8. The third-order valence-corrected chi connectivity index (χ3v) is 4.69. The van der Waals surface area contributed by atoms with E-state index in [1.165, 1.54) is 0 Å². The Kier molecular flexibility index (Phi) is 8.03. The van der Waals surface area contributed by atoms with Gasteiger partial charge in [-0.15, -0.1) is 0 Å². The van der Waals surface area contributed by atoms with E-state index in [2.05, 4.69) is 10.6 Å². The molecule has 156 valence electrons. The molecule has 0 aliphatic carbocycles. The van der Waals surface area contributed by atoms with Crippen molar-refractivity contribution < 1.29 is 14.3 Å². The Bertz CT molecular complexity index is 802. The molecule has 1 atom stereocenters. The van der Waals surface area contributed by atoms with Gasteiger partial charge < -0.3 is 25.2 Å². The molecule has 0 spiro atoms. The van der Waals surface area contributed by atoms with Gasteiger partial charge in [-0.25, -0.2) is 0 Å². The maximum absolute atomic E-state index is 12.2. The van der Waals surface area contributed by atoms with E-state index in [4.69, 9.17) is 4.74 Å². The smallest absolute Gasteiger partial charge is 0.309 e. The summed E-state index contributed by atoms with van der Waals surface area (Å²) >= 11 is 0. The number of carbonyl (C=O) groups is 2. The first kappa shape index (κ1) is 22.2. The van der Waals surface area contributed by atoms with Crippen molar-refractivity contribution in [3.8, 4) is 5.75 Å². The van der Waals surface area contributed by atoms with Crippen molar-refractivity contribution in [1.29, 1.82) is 0 Å². The molecule has 0 saturated carbocycles. The molecule has 7 heteroatoms. The summed E-state index contributed by atoms with van der Waals surface area (Å²) in [6, 6.07) is 15.4. The molecule has 0 aliphatic heterocycles. The highest BCUT2D eigenvalue weighted by atomic mass is 16.5. The van der Waals surface area contributed by atoms with Crippen molar-refractivity contribution in [2.45, 2.75) is 12.6 Å². The van der Waals surface area contributed by atoms with Crippen LogP contribution in [0.25, 0.3) is 0 Å². The number of likely N-dealkylation sites (N-methyl/N-ethyl adjacent to an activating group) is 1. The normalized spacial score (nSPS) is 11.7. The van der Waals surface area contributed by atoms with E-state index in [1.807, 2.05) is 86.5 Å². The zero-order chi connectivity index (χ0) is 21.4. The topological polar surface area (TPSA) is 73.9 Å². The van der Waals surface area contributed by atoms with Crippen molar-refractivity contribution in [1.82, 2.24) is 15.5 Å². The summed E-state index contributed by atoms with van der Waals surface area (Å²) in [4.78, 5) is 28.4. The number of anilines is 1. The summed E-state index contributed by atoms with van der Waals surface area (Å²) < 4.78 is 5.10. The third kappa shape index (κ3) is 6.50. The lowest BCUT2D eigenvalue weighted by atomic mass is 10.1. The van der Waals surface area contributed by atoms with Gasteiger partial charge in [0.15, 0.2) is 0 Å². The molecule has 0 aromatic heterocycles. The summed E-state index contributed by atoms with van der Waals surface area (Å²) in [5.41, 5.74) is 3.06. The lowest BCUT2D eigenvalue weighted by Crippen LogP contribution is -2.42. The van der Waals surface area contributed by atoms with E-state index in [0.29, 0.717) is 6.54 Å². The van der Waals surface area contributed by atoms with Gasteiger partial charge in [0.05, 0.1) is 13.2 Å². The molecule has 2 aromatic carbocycles. The molecule has 0 heterocycles. The summed E-state index contributed by atoms with van der Waals surface area (Å²) in [5.74, 6) is -0.553. The summed E-state index contributed by atoms with van der Waals surface area (Å²) in [5, 5.41) is 5.37. The van der Waals surface area contributed by atoms with E-state index in [9.17, 15) is 9.59 Å². The number of nitrogens with one attached hydrogen (secondary N) is 2. The fourth-order valence-electron chi connectivity index (χ4n) is 2.87. The number of hydrogen-bond acceptors (Lipinski definition) is 5. The quantitative estimate of drug-likeness (QED) is 0.664. The van der Waals surface area contributed by atoms with Crippen molar-refractivity contribution in [3.63, 3.8) is 0 Å². The maximum atomic E-state index is 12.2. The molecule has 2 aromatic rings. The van der Waals surface area contributed by atoms with E-state index < -0.39 is 11.8 Å². The Hall–Kier alpha value is -3.06. The van der Waals surface area contributed by atoms with E-state index in [1.54, 1.807) is 7.11 Å². The average molecular weight is 399 g/mol. The number of amides is 2. The molecule has 0 saturated heterocycles. The first-order valence-corrected chi connectivity index (χ1v) is 9.44. The van der Waals surface area contributed by atoms with Crippen LogP contribution >= 0.6 is 0 Å². The van der Waals surface area contributed by atoms with Gasteiger partial charge in [0.1, 0.15) is 5.75 Å². The molecule has 29 heavy (non-hydrogen) atoms. The van der Waals surface area contributed by atoms with Crippen LogP contribution < -0.4 is 20.3 Å². The Morgan fingerprint density at radius 3 is 2.00 bits per heavy atom. The van der Waals surface area contributed by atoms with Crippen LogP contribution in [0, 0.1) is 0 Å². The van der Waals surface area contributed by atoms with Crippen LogP contribution in [0.3, 0.4) is 0 Å². The highest BCUT2D eigenvalue weighted by molar-refractivity contribution is 6.35. The predicted octanol–water partition coefficient (Wildman–Crippen LogP) is 1.80. The Labute approximate surface area is 172 Å². The van der Waals surface area contributed by atoms with Crippen LogP contribution in [0.15, 0.2) is 48.5 Å². The highest BCUT2D eigenvalue weighted by Gasteiger charge is 2.18. The minimum atomic E-state index is -0.652. The predicted molar refractivity (Wildman–Crippen MR) is 115 cm³/mol. The summed E-state index contributed by atoms with van der Waals surface area (Å²) in [6.07, 6.45) is 0. The first-order chi connectivity index (χ1) is 13.8. The SMILES string of the molecule is COc1ccc(CNC(=O)C(=O)NC[C@@H](c2ccc(N(C)C)cc2)N(C)C)cc1. The minimum Gasteiger partial charge on any atom is -0.497 e. The molecular weight excluding hydrogens is 368 g/mol. The second kappa shape index (κ2) is 10.5. The van der Waals surface area contributed by atoms with E-state index in [0.717, 1.165) is 22.6 Å². The fraction of sp³-hybridized carbons (Fsp3) is 0.364. The standard InChI is InChI=1S/C22H30N4O3/c1-25(2)18-10-8-17(9-11-18)20(26(3)4)15-24-22(28)21(27)23-14-16-6-12-19(29-5)13-7-16/h6-13,20H,14-15H2,1-5H3,(H,23,27)(H,24,28)/t20-/m0/s1. The highest BCUT2D eigenvalue weighted by Crippen LogP contribution is 2.21. The molecule has 2 N–H and O–H groups in total. The van der Waals surface area contributed by atoms with Gasteiger partial charge in [-0.05, 0) is 49.5 Å². The zero-order valence-electron chi connectivity index (χ0n) is 17.7. The molecule has 2 rings (SSSR count). The van der Waals surface area contributed by atoms with Gasteiger partial charge in [-0.1, -0.05) is 24.3 Å². The first-order valence-electron chi connectivity index (χ1n) is 9.44. The second-order valence-corrected chi connectivity index (χ2v) is 7.21. The van der Waals surface area contributed by atoms with Crippen molar-refractivity contribution >= 4 is 17.5 Å². The monoisotopic (exact) mass is 398 g/mol. The molecule has 2 amide bonds. The lowest BCUT2D eigenvalue weighted by molar-refractivity contribution is -0.139. The molecular formula is C22H30N4O3. The number of benzene rings is 2. The van der Waals surface area contributed by atoms with Gasteiger partial charge in [-0.3, -0.25) is 9.59 Å². The molecule has 0 fully saturated rings. The van der Waals surface area contributed by atoms with E-state index in [-0.39, 0.29) is 12.6 Å². The van der Waals surface area contributed by atoms with Gasteiger partial charge in [0, 0.05) is 32.9 Å². The summed E-state index contributed by atoms with van der Waals surface area (Å²) in [7, 11) is 9.46. The van der Waals surface area contributed by atoms with Gasteiger partial charge >= 0.3 is 11.8 Å². The van der Waals surface area contributed by atoms with Gasteiger partial charge in [-0.2, -0.15) is 0 Å². The molecule has 0 aliphatic rings. The van der Waals surface area contributed by atoms with Crippen LogP contribution in [-0.2, 0) is 16.1 Å². The van der Waals surface area contributed by atoms with Gasteiger partial charge in [0.25, 0.3) is 0 Å². The number of ether oxygens (including phenoxy) is 1. The number of carbonyl (C=O) groups excluding carboxylic acids is 2. The molecule has 0 unspecified atom stereocenters. The molecule has 0 bridgehead atoms. The Morgan fingerprint density at radius 2 is 1.48 bits per heavy atom. The number of hydrogen-bond donors (Lipinski definition) is 2. The van der Waals surface area contributed by atoms with Crippen molar-refractivity contribution in [3.05, 3.63) is 59.7 Å². The Balaban J connectivity index is 1.89. The zero-order valence-corrected chi connectivity index (χ0v) is 17.7. The second-order valence-electron chi connectivity index (χ2n) is 7.21. The average Bonchev–Trinajstić information content (AvgIpc) is 2.72. The number of nitrogens with zero attached hydrogens (tertiary/aromatic N) is 2. The fourth-order valence-corrected chi connectivity index (χ4v) is 2.87. The molecule has 7 nitrogen and oxygen atoms in total. The van der Waals surface area contributed by atoms with Crippen LogP contribution in [0.2, 0.25) is 0 Å². The van der Waals surface area contributed by atoms with Crippen molar-refractivity contribution in [2.24, 2.45) is 0 Å². The summed E-state index contributed by atoms with van der Waals surface area (Å²) in [6.45, 7) is 0.614. The van der Waals surface area contributed by atoms with Crippen LogP contribution in [0.4, 0.5) is 5.69 Å². The van der Waals surface area contributed by atoms with Crippen molar-refractivity contribution in [2.75, 3.05) is 46.7 Å². The number of methoxy groups -OCH3 is 1. The lowest BCUT2D eigenvalue weighted by Gasteiger charge is -2.25. The van der Waals surface area contributed by atoms with Crippen LogP contribution in [-0.4, -0.2) is 58.6 Å². The Morgan fingerprint density at radius 1 is 0.897 bits per heavy atom. The van der Waals surface area contributed by atoms with Gasteiger partial charge in [0.2, 0.25) is 0 Å². The third-order valence-electron chi connectivity index (χ3n) is 4.69. The van der Waals surface area contributed by atoms with Crippen LogP contribution in [0.1, 0.15) is 17.2 Å². The largest absolute Gasteiger partial charge is 0.497 e. The van der Waals surface area contributed by atoms with Crippen LogP contribution in [0.5, 0.6) is 5.75 Å². The molecule has 0 radical (unpaired) electrons. The van der Waals surface area contributed by atoms with E-state index >= 15 is 0 Å².